The van der Waals surface area contributed by atoms with Crippen LogP contribution in [0, 0.1) is 16.4 Å². The smallest absolute Gasteiger partial charge is 0.297 e. The van der Waals surface area contributed by atoms with Crippen molar-refractivity contribution >= 4 is 41.0 Å². The Balaban J connectivity index is 1.98. The predicted molar refractivity (Wildman–Crippen MR) is 155 cm³/mol. The fourth-order valence-electron chi connectivity index (χ4n) is 4.48. The zero-order chi connectivity index (χ0) is 25.9. The van der Waals surface area contributed by atoms with E-state index < -0.39 is 24.5 Å². The molecular formula is C28H41IO4SSi. The van der Waals surface area contributed by atoms with Crippen LogP contribution in [0.5, 0.6) is 0 Å². The van der Waals surface area contributed by atoms with Gasteiger partial charge in [0.05, 0.1) is 11.0 Å². The molecule has 2 atom stereocenters. The lowest BCUT2D eigenvalue weighted by molar-refractivity contribution is 0.0482. The molecule has 0 radical (unpaired) electrons. The summed E-state index contributed by atoms with van der Waals surface area (Å²) in [6.07, 6.45) is 5.82. The Bertz CT molecular complexity index is 1070. The summed E-state index contributed by atoms with van der Waals surface area (Å²) in [5.74, 6) is 0.424. The molecule has 1 aliphatic rings. The molecule has 1 aliphatic carbocycles. The number of halogens is 1. The van der Waals surface area contributed by atoms with E-state index in [9.17, 15) is 8.42 Å². The van der Waals surface area contributed by atoms with Gasteiger partial charge in [-0.3, -0.25) is 4.18 Å². The Morgan fingerprint density at radius 2 is 1.60 bits per heavy atom. The van der Waals surface area contributed by atoms with Gasteiger partial charge in [-0.1, -0.05) is 75.9 Å². The normalized spacial score (nSPS) is 17.8. The van der Waals surface area contributed by atoms with E-state index in [2.05, 4.69) is 56.5 Å². The molecule has 0 heterocycles. The molecule has 3 rings (SSSR count). The third-order valence-electron chi connectivity index (χ3n) is 7.68. The lowest BCUT2D eigenvalue weighted by Crippen LogP contribution is -2.46. The highest BCUT2D eigenvalue weighted by Crippen LogP contribution is 2.43. The van der Waals surface area contributed by atoms with Gasteiger partial charge in [-0.15, -0.1) is 0 Å². The highest BCUT2D eigenvalue weighted by atomic mass is 127. The van der Waals surface area contributed by atoms with Crippen molar-refractivity contribution in [2.75, 3.05) is 0 Å². The van der Waals surface area contributed by atoms with Crippen LogP contribution in [0.15, 0.2) is 53.4 Å². The molecule has 0 bridgehead atoms. The molecule has 1 fully saturated rings. The zero-order valence-corrected chi connectivity index (χ0v) is 26.0. The van der Waals surface area contributed by atoms with Gasteiger partial charge in [0.1, 0.15) is 6.10 Å². The van der Waals surface area contributed by atoms with Crippen LogP contribution < -0.4 is 0 Å². The van der Waals surface area contributed by atoms with E-state index in [0.717, 1.165) is 27.5 Å². The summed E-state index contributed by atoms with van der Waals surface area (Å²) < 4.78 is 40.9. The average Bonchev–Trinajstić information content (AvgIpc) is 2.78. The van der Waals surface area contributed by atoms with Gasteiger partial charge in [-0.05, 0) is 90.2 Å². The number of hydrogen-bond acceptors (Lipinski definition) is 4. The van der Waals surface area contributed by atoms with E-state index in [1.165, 1.54) is 19.3 Å². The van der Waals surface area contributed by atoms with Crippen molar-refractivity contribution in [3.63, 3.8) is 0 Å². The van der Waals surface area contributed by atoms with Crippen LogP contribution in [0.25, 0.3) is 0 Å². The first-order chi connectivity index (χ1) is 16.3. The van der Waals surface area contributed by atoms with Crippen LogP contribution in [-0.2, 0) is 18.7 Å². The Labute approximate surface area is 227 Å². The molecule has 0 N–H and O–H groups in total. The molecule has 0 spiro atoms. The van der Waals surface area contributed by atoms with E-state index in [1.807, 2.05) is 43.3 Å². The van der Waals surface area contributed by atoms with E-state index in [1.54, 1.807) is 12.1 Å². The van der Waals surface area contributed by atoms with Gasteiger partial charge in [-0.25, -0.2) is 0 Å². The summed E-state index contributed by atoms with van der Waals surface area (Å²) in [6, 6.07) is 14.8. The first kappa shape index (κ1) is 28.8. The highest BCUT2D eigenvalue weighted by Gasteiger charge is 2.42. The highest BCUT2D eigenvalue weighted by molar-refractivity contribution is 14.1. The molecule has 2 aromatic carbocycles. The summed E-state index contributed by atoms with van der Waals surface area (Å²) in [5, 5.41) is 0.0748. The molecule has 1 saturated carbocycles. The molecule has 4 nitrogen and oxygen atoms in total. The van der Waals surface area contributed by atoms with E-state index in [-0.39, 0.29) is 16.0 Å². The quantitative estimate of drug-likeness (QED) is 0.159. The maximum Gasteiger partial charge on any atom is 0.297 e. The summed E-state index contributed by atoms with van der Waals surface area (Å²) in [6.45, 7) is 13.3. The van der Waals surface area contributed by atoms with Crippen LogP contribution in [0.1, 0.15) is 76.5 Å². The maximum absolute atomic E-state index is 13.4. The predicted octanol–water partition coefficient (Wildman–Crippen LogP) is 8.41. The number of rotatable bonds is 9. The van der Waals surface area contributed by atoms with E-state index in [4.69, 9.17) is 8.61 Å². The van der Waals surface area contributed by atoms with Gasteiger partial charge in [0.2, 0.25) is 0 Å². The Morgan fingerprint density at radius 1 is 1.00 bits per heavy atom. The van der Waals surface area contributed by atoms with Gasteiger partial charge in [-0.2, -0.15) is 8.42 Å². The third kappa shape index (κ3) is 7.63. The van der Waals surface area contributed by atoms with Crippen molar-refractivity contribution in [2.45, 2.75) is 101 Å². The van der Waals surface area contributed by atoms with Crippen LogP contribution in [0.4, 0.5) is 0 Å². The van der Waals surface area contributed by atoms with Gasteiger partial charge in [0.15, 0.2) is 8.32 Å². The Kier molecular flexibility index (Phi) is 9.68. The zero-order valence-electron chi connectivity index (χ0n) is 22.0. The van der Waals surface area contributed by atoms with Gasteiger partial charge in [0.25, 0.3) is 10.1 Å². The molecule has 0 amide bonds. The molecule has 2 aromatic rings. The summed E-state index contributed by atoms with van der Waals surface area (Å²) in [5.41, 5.74) is 1.92. The Hall–Kier alpha value is -0.743. The van der Waals surface area contributed by atoms with Crippen LogP contribution in [-0.4, -0.2) is 22.8 Å². The van der Waals surface area contributed by atoms with Crippen LogP contribution >= 0.6 is 22.6 Å². The molecule has 7 heteroatoms. The monoisotopic (exact) mass is 628 g/mol. The largest absolute Gasteiger partial charge is 0.414 e. The van der Waals surface area contributed by atoms with Gasteiger partial charge < -0.3 is 4.43 Å². The minimum absolute atomic E-state index is 0.0367. The molecular weight excluding hydrogens is 587 g/mol. The minimum Gasteiger partial charge on any atom is -0.414 e. The molecule has 35 heavy (non-hydrogen) atoms. The van der Waals surface area contributed by atoms with Crippen LogP contribution in [0.2, 0.25) is 18.1 Å². The van der Waals surface area contributed by atoms with Crippen molar-refractivity contribution in [1.82, 2.24) is 0 Å². The average molecular weight is 629 g/mol. The minimum atomic E-state index is -3.94. The van der Waals surface area contributed by atoms with Crippen molar-refractivity contribution in [2.24, 2.45) is 5.92 Å². The standard InChI is InChI=1S/C28H41IO4SSi/c1-21-16-18-23(19-17-21)34(30,31)32-27(24-14-10-11-15-25(24)29)20-26(22-12-8-7-9-13-22)33-35(5,6)28(2,3)4/h10-11,14-19,22,26-27H,7-9,12-13,20H2,1-6H3/t26-,27-/m1/s1. The second-order valence-electron chi connectivity index (χ2n) is 11.4. The van der Waals surface area contributed by atoms with E-state index in [0.29, 0.717) is 12.3 Å². The maximum atomic E-state index is 13.4. The van der Waals surface area contributed by atoms with Crippen molar-refractivity contribution < 1.29 is 17.0 Å². The fraction of sp³-hybridized carbons (Fsp3) is 0.571. The van der Waals surface area contributed by atoms with E-state index >= 15 is 0 Å². The van der Waals surface area contributed by atoms with Crippen LogP contribution in [0.3, 0.4) is 0 Å². The van der Waals surface area contributed by atoms with Crippen molar-refractivity contribution in [3.8, 4) is 0 Å². The number of benzene rings is 2. The number of aryl methyl sites for hydroxylation is 1. The lowest BCUT2D eigenvalue weighted by atomic mass is 9.83. The second-order valence-corrected chi connectivity index (χ2v) is 18.9. The summed E-state index contributed by atoms with van der Waals surface area (Å²) >= 11 is 2.28. The summed E-state index contributed by atoms with van der Waals surface area (Å²) in [7, 11) is -6.01. The number of hydrogen-bond donors (Lipinski definition) is 0. The molecule has 194 valence electrons. The second kappa shape index (κ2) is 11.8. The third-order valence-corrected chi connectivity index (χ3v) is 14.5. The molecule has 0 aromatic heterocycles. The Morgan fingerprint density at radius 3 is 2.17 bits per heavy atom. The van der Waals surface area contributed by atoms with Gasteiger partial charge >= 0.3 is 0 Å². The van der Waals surface area contributed by atoms with Crippen molar-refractivity contribution in [3.05, 3.63) is 63.2 Å². The van der Waals surface area contributed by atoms with Crippen molar-refractivity contribution in [1.29, 1.82) is 0 Å². The summed E-state index contributed by atoms with van der Waals surface area (Å²) in [4.78, 5) is 0.193. The molecule has 0 unspecified atom stereocenters. The molecule has 0 aliphatic heterocycles. The van der Waals surface area contributed by atoms with Gasteiger partial charge in [0, 0.05) is 9.99 Å². The topological polar surface area (TPSA) is 52.6 Å². The first-order valence-electron chi connectivity index (χ1n) is 12.7. The fourth-order valence-corrected chi connectivity index (χ4v) is 7.68. The molecule has 0 saturated heterocycles. The first-order valence-corrected chi connectivity index (χ1v) is 18.1. The lowest BCUT2D eigenvalue weighted by Gasteiger charge is -2.43. The SMILES string of the molecule is Cc1ccc(S(=O)(=O)O[C@H](C[C@@H](O[Si](C)(C)C(C)(C)C)C2CCCCC2)c2ccccc2I)cc1.